The molecule has 2 aromatic carbocycles. The van der Waals surface area contributed by atoms with Crippen LogP contribution in [0.4, 0.5) is 0 Å². The lowest BCUT2D eigenvalue weighted by molar-refractivity contribution is 0.0693. The van der Waals surface area contributed by atoms with E-state index in [-0.39, 0.29) is 11.3 Å². The number of carboxylic acid groups (broad SMARTS) is 1. The summed E-state index contributed by atoms with van der Waals surface area (Å²) < 4.78 is 0. The standard InChI is InChI=1S/C17H13NO3S/c18-9-11-4-1-3-10(7-11)8-14-15(19)12-5-2-6-13(17(20)21)16(12)22-14/h1-8H,9,18H2,(H,20,21)/b14-8+. The van der Waals surface area contributed by atoms with Gasteiger partial charge in [0, 0.05) is 17.0 Å². The maximum atomic E-state index is 12.4. The number of ketones is 1. The van der Waals surface area contributed by atoms with Gasteiger partial charge in [-0.05, 0) is 29.3 Å². The molecule has 5 heteroatoms. The molecule has 0 aromatic heterocycles. The van der Waals surface area contributed by atoms with Gasteiger partial charge >= 0.3 is 5.97 Å². The number of nitrogens with two attached hydrogens (primary N) is 1. The summed E-state index contributed by atoms with van der Waals surface area (Å²) in [5.74, 6) is -1.16. The number of hydrogen-bond donors (Lipinski definition) is 2. The SMILES string of the molecule is NCc1cccc(/C=C2/Sc3c(C(=O)O)cccc3C2=O)c1. The second-order valence-electron chi connectivity index (χ2n) is 4.88. The summed E-state index contributed by atoms with van der Waals surface area (Å²) in [5.41, 5.74) is 8.09. The van der Waals surface area contributed by atoms with Gasteiger partial charge in [-0.15, -0.1) is 0 Å². The Balaban J connectivity index is 2.01. The molecule has 3 rings (SSSR count). The molecular formula is C17H13NO3S. The van der Waals surface area contributed by atoms with E-state index >= 15 is 0 Å². The zero-order valence-corrected chi connectivity index (χ0v) is 12.4. The van der Waals surface area contributed by atoms with Crippen LogP contribution in [0.3, 0.4) is 0 Å². The van der Waals surface area contributed by atoms with Gasteiger partial charge in [-0.3, -0.25) is 4.79 Å². The van der Waals surface area contributed by atoms with Gasteiger partial charge in [-0.2, -0.15) is 0 Å². The maximum absolute atomic E-state index is 12.4. The number of rotatable bonds is 3. The molecule has 0 radical (unpaired) electrons. The van der Waals surface area contributed by atoms with Gasteiger partial charge in [-0.25, -0.2) is 4.79 Å². The molecule has 1 aliphatic rings. The molecule has 0 atom stereocenters. The molecule has 2 aromatic rings. The van der Waals surface area contributed by atoms with Crippen molar-refractivity contribution in [3.63, 3.8) is 0 Å². The first-order valence-electron chi connectivity index (χ1n) is 6.69. The number of carbonyl (C=O) groups is 2. The third kappa shape index (κ3) is 2.56. The highest BCUT2D eigenvalue weighted by Gasteiger charge is 2.29. The first-order valence-corrected chi connectivity index (χ1v) is 7.51. The molecule has 4 nitrogen and oxygen atoms in total. The number of allylic oxidation sites excluding steroid dienone is 1. The fourth-order valence-electron chi connectivity index (χ4n) is 2.34. The van der Waals surface area contributed by atoms with Crippen molar-refractivity contribution >= 4 is 29.6 Å². The van der Waals surface area contributed by atoms with Crippen molar-refractivity contribution in [3.8, 4) is 0 Å². The monoisotopic (exact) mass is 311 g/mol. The first kappa shape index (κ1) is 14.6. The first-order chi connectivity index (χ1) is 10.6. The van der Waals surface area contributed by atoms with Gasteiger partial charge < -0.3 is 10.8 Å². The van der Waals surface area contributed by atoms with E-state index in [9.17, 15) is 14.7 Å². The second kappa shape index (κ2) is 5.79. The molecule has 0 unspecified atom stereocenters. The minimum absolute atomic E-state index is 0.138. The number of thioether (sulfide) groups is 1. The molecule has 0 saturated heterocycles. The molecule has 1 heterocycles. The summed E-state index contributed by atoms with van der Waals surface area (Å²) in [7, 11) is 0. The van der Waals surface area contributed by atoms with Crippen molar-refractivity contribution in [2.45, 2.75) is 11.4 Å². The Bertz CT molecular complexity index is 811. The van der Waals surface area contributed by atoms with E-state index in [1.54, 1.807) is 18.2 Å². The van der Waals surface area contributed by atoms with Gasteiger partial charge in [0.05, 0.1) is 10.5 Å². The molecule has 0 amide bonds. The summed E-state index contributed by atoms with van der Waals surface area (Å²) >= 11 is 1.21. The van der Waals surface area contributed by atoms with Crippen molar-refractivity contribution in [2.75, 3.05) is 0 Å². The van der Waals surface area contributed by atoms with E-state index in [4.69, 9.17) is 5.73 Å². The molecule has 110 valence electrons. The lowest BCUT2D eigenvalue weighted by Crippen LogP contribution is -2.00. The molecule has 0 aliphatic carbocycles. The molecule has 3 N–H and O–H groups in total. The van der Waals surface area contributed by atoms with Crippen LogP contribution in [0.1, 0.15) is 31.8 Å². The molecule has 22 heavy (non-hydrogen) atoms. The van der Waals surface area contributed by atoms with Crippen molar-refractivity contribution in [3.05, 3.63) is 69.6 Å². The highest BCUT2D eigenvalue weighted by atomic mass is 32.2. The minimum Gasteiger partial charge on any atom is -0.478 e. The molecule has 1 aliphatic heterocycles. The van der Waals surface area contributed by atoms with Crippen LogP contribution in [0.2, 0.25) is 0 Å². The van der Waals surface area contributed by atoms with Gasteiger partial charge in [0.15, 0.2) is 0 Å². The Kier molecular flexibility index (Phi) is 3.83. The Hall–Kier alpha value is -2.37. The van der Waals surface area contributed by atoms with Gasteiger partial charge in [0.25, 0.3) is 0 Å². The number of carboxylic acids is 1. The van der Waals surface area contributed by atoms with E-state index in [2.05, 4.69) is 0 Å². The Morgan fingerprint density at radius 2 is 2.00 bits per heavy atom. The highest BCUT2D eigenvalue weighted by molar-refractivity contribution is 8.05. The minimum atomic E-state index is -1.02. The smallest absolute Gasteiger partial charge is 0.336 e. The van der Waals surface area contributed by atoms with E-state index < -0.39 is 5.97 Å². The van der Waals surface area contributed by atoms with Crippen molar-refractivity contribution in [1.82, 2.24) is 0 Å². The van der Waals surface area contributed by atoms with Crippen molar-refractivity contribution in [1.29, 1.82) is 0 Å². The Labute approximate surface area is 131 Å². The predicted octanol–water partition coefficient (Wildman–Crippen LogP) is 3.17. The number of fused-ring (bicyclic) bond motifs is 1. The number of benzene rings is 2. The second-order valence-corrected chi connectivity index (χ2v) is 5.93. The molecular weight excluding hydrogens is 298 g/mol. The maximum Gasteiger partial charge on any atom is 0.336 e. The summed E-state index contributed by atoms with van der Waals surface area (Å²) in [5, 5.41) is 9.22. The van der Waals surface area contributed by atoms with Crippen LogP contribution >= 0.6 is 11.8 Å². The van der Waals surface area contributed by atoms with Crippen LogP contribution in [0.5, 0.6) is 0 Å². The lowest BCUT2D eigenvalue weighted by Gasteiger charge is -2.00. The highest BCUT2D eigenvalue weighted by Crippen LogP contribution is 2.42. The van der Waals surface area contributed by atoms with E-state index in [0.717, 1.165) is 11.1 Å². The number of aromatic carboxylic acids is 1. The number of carbonyl (C=O) groups excluding carboxylic acids is 1. The van der Waals surface area contributed by atoms with Gasteiger partial charge in [-0.1, -0.05) is 42.1 Å². The zero-order valence-electron chi connectivity index (χ0n) is 11.6. The van der Waals surface area contributed by atoms with Crippen LogP contribution in [-0.4, -0.2) is 16.9 Å². The Morgan fingerprint density at radius 1 is 1.23 bits per heavy atom. The third-order valence-electron chi connectivity index (χ3n) is 3.41. The predicted molar refractivity (Wildman–Crippen MR) is 85.9 cm³/mol. The lowest BCUT2D eigenvalue weighted by atomic mass is 10.1. The summed E-state index contributed by atoms with van der Waals surface area (Å²) in [6.07, 6.45) is 1.78. The van der Waals surface area contributed by atoms with Crippen LogP contribution in [0.25, 0.3) is 6.08 Å². The fraction of sp³-hybridized carbons (Fsp3) is 0.0588. The quantitative estimate of drug-likeness (QED) is 0.851. The number of hydrogen-bond acceptors (Lipinski definition) is 4. The van der Waals surface area contributed by atoms with Crippen LogP contribution in [-0.2, 0) is 6.54 Å². The molecule has 0 fully saturated rings. The summed E-state index contributed by atoms with van der Waals surface area (Å²) in [6, 6.07) is 12.4. The summed E-state index contributed by atoms with van der Waals surface area (Å²) in [4.78, 5) is 24.7. The topological polar surface area (TPSA) is 80.4 Å². The average molecular weight is 311 g/mol. The fourth-order valence-corrected chi connectivity index (χ4v) is 3.49. The zero-order chi connectivity index (χ0) is 15.7. The van der Waals surface area contributed by atoms with Crippen molar-refractivity contribution < 1.29 is 14.7 Å². The largest absolute Gasteiger partial charge is 0.478 e. The van der Waals surface area contributed by atoms with E-state index in [1.165, 1.54) is 17.8 Å². The summed E-state index contributed by atoms with van der Waals surface area (Å²) in [6.45, 7) is 0.432. The molecule has 0 spiro atoms. The van der Waals surface area contributed by atoms with Crippen LogP contribution < -0.4 is 5.73 Å². The Morgan fingerprint density at radius 3 is 2.73 bits per heavy atom. The molecule has 0 bridgehead atoms. The van der Waals surface area contributed by atoms with Crippen molar-refractivity contribution in [2.24, 2.45) is 5.73 Å². The van der Waals surface area contributed by atoms with Crippen LogP contribution in [0.15, 0.2) is 52.3 Å². The van der Waals surface area contributed by atoms with Crippen LogP contribution in [0, 0.1) is 0 Å². The number of Topliss-reactive ketones (excluding diaryl/α,β-unsaturated/α-hetero) is 1. The van der Waals surface area contributed by atoms with Gasteiger partial charge in [0.2, 0.25) is 5.78 Å². The normalized spacial score (nSPS) is 15.1. The average Bonchev–Trinajstić information content (AvgIpc) is 2.84. The van der Waals surface area contributed by atoms with Gasteiger partial charge in [0.1, 0.15) is 0 Å². The third-order valence-corrected chi connectivity index (χ3v) is 4.58. The van der Waals surface area contributed by atoms with E-state index in [1.807, 2.05) is 24.3 Å². The molecule has 0 saturated carbocycles. The van der Waals surface area contributed by atoms with E-state index in [0.29, 0.717) is 21.9 Å².